The van der Waals surface area contributed by atoms with Gasteiger partial charge in [-0.25, -0.2) is 4.39 Å². The van der Waals surface area contributed by atoms with Gasteiger partial charge in [0.2, 0.25) is 0 Å². The van der Waals surface area contributed by atoms with Gasteiger partial charge >= 0.3 is 0 Å². The molecule has 0 bridgehead atoms. The first kappa shape index (κ1) is 16.0. The van der Waals surface area contributed by atoms with Gasteiger partial charge < -0.3 is 10.6 Å². The van der Waals surface area contributed by atoms with Crippen LogP contribution in [0, 0.1) is 5.82 Å². The van der Waals surface area contributed by atoms with E-state index in [1.54, 1.807) is 36.4 Å². The highest BCUT2D eigenvalue weighted by molar-refractivity contribution is 6.30. The summed E-state index contributed by atoms with van der Waals surface area (Å²) in [6, 6.07) is 16.5. The zero-order valence-electron chi connectivity index (χ0n) is 12.5. The minimum atomic E-state index is -0.501. The summed E-state index contributed by atoms with van der Waals surface area (Å²) in [6.07, 6.45) is 1.50. The van der Waals surface area contributed by atoms with Crippen LogP contribution in [0.15, 0.2) is 66.9 Å². The highest BCUT2D eigenvalue weighted by Crippen LogP contribution is 2.21. The molecule has 3 aromatic rings. The van der Waals surface area contributed by atoms with Crippen molar-refractivity contribution in [2.45, 2.75) is 0 Å². The van der Waals surface area contributed by atoms with E-state index in [1.165, 1.54) is 18.3 Å². The molecule has 2 N–H and O–H groups in total. The quantitative estimate of drug-likeness (QED) is 0.711. The SMILES string of the molecule is O=C(Nc1ccccc1F)c1cc(Nc2cccc(Cl)c2)ccn1. The highest BCUT2D eigenvalue weighted by atomic mass is 35.5. The maximum atomic E-state index is 13.6. The lowest BCUT2D eigenvalue weighted by molar-refractivity contribution is 0.102. The number of carbonyl (C=O) groups excluding carboxylic acids is 1. The molecule has 0 aliphatic heterocycles. The zero-order chi connectivity index (χ0) is 16.9. The summed E-state index contributed by atoms with van der Waals surface area (Å²) in [7, 11) is 0. The zero-order valence-corrected chi connectivity index (χ0v) is 13.2. The van der Waals surface area contributed by atoms with Gasteiger partial charge in [0.05, 0.1) is 5.69 Å². The molecule has 0 atom stereocenters. The standard InChI is InChI=1S/C18H13ClFN3O/c19-12-4-3-5-13(10-12)22-14-8-9-21-17(11-14)18(24)23-16-7-2-1-6-15(16)20/h1-11H,(H,21,22)(H,23,24). The second kappa shape index (κ2) is 7.10. The van der Waals surface area contributed by atoms with Crippen LogP contribution in [0.3, 0.4) is 0 Å². The Morgan fingerprint density at radius 2 is 1.79 bits per heavy atom. The van der Waals surface area contributed by atoms with Crippen molar-refractivity contribution < 1.29 is 9.18 Å². The number of rotatable bonds is 4. The van der Waals surface area contributed by atoms with Gasteiger partial charge in [0.1, 0.15) is 11.5 Å². The predicted molar refractivity (Wildman–Crippen MR) is 93.3 cm³/mol. The maximum Gasteiger partial charge on any atom is 0.274 e. The van der Waals surface area contributed by atoms with E-state index in [4.69, 9.17) is 11.6 Å². The van der Waals surface area contributed by atoms with Crippen molar-refractivity contribution in [3.05, 3.63) is 83.4 Å². The lowest BCUT2D eigenvalue weighted by atomic mass is 10.2. The van der Waals surface area contributed by atoms with E-state index in [-0.39, 0.29) is 11.4 Å². The Bertz CT molecular complexity index is 885. The third kappa shape index (κ3) is 3.88. The van der Waals surface area contributed by atoms with Crippen LogP contribution in [0.5, 0.6) is 0 Å². The second-order valence-corrected chi connectivity index (χ2v) is 5.44. The molecule has 0 saturated heterocycles. The number of nitrogens with one attached hydrogen (secondary N) is 2. The number of amides is 1. The first-order chi connectivity index (χ1) is 11.6. The number of hydrogen-bond acceptors (Lipinski definition) is 3. The molecule has 0 unspecified atom stereocenters. The smallest absolute Gasteiger partial charge is 0.274 e. The highest BCUT2D eigenvalue weighted by Gasteiger charge is 2.11. The summed E-state index contributed by atoms with van der Waals surface area (Å²) in [5.74, 6) is -0.992. The van der Waals surface area contributed by atoms with Crippen molar-refractivity contribution in [3.63, 3.8) is 0 Å². The van der Waals surface area contributed by atoms with Crippen LogP contribution in [0.2, 0.25) is 5.02 Å². The molecular weight excluding hydrogens is 329 g/mol. The van der Waals surface area contributed by atoms with E-state index in [1.807, 2.05) is 12.1 Å². The lowest BCUT2D eigenvalue weighted by Crippen LogP contribution is -2.14. The van der Waals surface area contributed by atoms with E-state index < -0.39 is 11.7 Å². The molecule has 120 valence electrons. The molecule has 6 heteroatoms. The van der Waals surface area contributed by atoms with Gasteiger partial charge in [-0.3, -0.25) is 9.78 Å². The maximum absolute atomic E-state index is 13.6. The molecule has 24 heavy (non-hydrogen) atoms. The molecule has 0 radical (unpaired) electrons. The second-order valence-electron chi connectivity index (χ2n) is 5.00. The lowest BCUT2D eigenvalue weighted by Gasteiger charge is -2.09. The van der Waals surface area contributed by atoms with Crippen LogP contribution >= 0.6 is 11.6 Å². The van der Waals surface area contributed by atoms with Crippen molar-refractivity contribution in [3.8, 4) is 0 Å². The van der Waals surface area contributed by atoms with Crippen molar-refractivity contribution in [1.29, 1.82) is 0 Å². The predicted octanol–water partition coefficient (Wildman–Crippen LogP) is 4.87. The Morgan fingerprint density at radius 3 is 2.58 bits per heavy atom. The fourth-order valence-electron chi connectivity index (χ4n) is 2.11. The Morgan fingerprint density at radius 1 is 1.00 bits per heavy atom. The first-order valence-corrected chi connectivity index (χ1v) is 7.54. The van der Waals surface area contributed by atoms with Crippen LogP contribution in [-0.4, -0.2) is 10.9 Å². The molecule has 0 aliphatic carbocycles. The molecule has 3 rings (SSSR count). The number of hydrogen-bond donors (Lipinski definition) is 2. The molecule has 4 nitrogen and oxygen atoms in total. The van der Waals surface area contributed by atoms with Crippen LogP contribution in [0.1, 0.15) is 10.5 Å². The van der Waals surface area contributed by atoms with Crippen LogP contribution in [-0.2, 0) is 0 Å². The molecule has 0 fully saturated rings. The number of anilines is 3. The van der Waals surface area contributed by atoms with E-state index in [2.05, 4.69) is 15.6 Å². The summed E-state index contributed by atoms with van der Waals surface area (Å²) in [4.78, 5) is 16.3. The fraction of sp³-hybridized carbons (Fsp3) is 0. The third-order valence-corrected chi connectivity index (χ3v) is 3.46. The van der Waals surface area contributed by atoms with Crippen LogP contribution in [0.4, 0.5) is 21.5 Å². The number of carbonyl (C=O) groups is 1. The number of halogens is 2. The van der Waals surface area contributed by atoms with Crippen molar-refractivity contribution >= 4 is 34.6 Å². The van der Waals surface area contributed by atoms with E-state index in [0.29, 0.717) is 10.7 Å². The van der Waals surface area contributed by atoms with Gasteiger partial charge in [0.15, 0.2) is 0 Å². The number of pyridine rings is 1. The summed E-state index contributed by atoms with van der Waals surface area (Å²) < 4.78 is 13.6. The molecule has 0 spiro atoms. The average Bonchev–Trinajstić information content (AvgIpc) is 2.57. The van der Waals surface area contributed by atoms with Gasteiger partial charge in [-0.15, -0.1) is 0 Å². The fourth-order valence-corrected chi connectivity index (χ4v) is 2.30. The van der Waals surface area contributed by atoms with Gasteiger partial charge in [0, 0.05) is 22.6 Å². The van der Waals surface area contributed by atoms with Gasteiger partial charge in [0.25, 0.3) is 5.91 Å². The molecule has 0 aliphatic rings. The molecule has 0 saturated carbocycles. The molecule has 1 heterocycles. The molecule has 2 aromatic carbocycles. The van der Waals surface area contributed by atoms with E-state index >= 15 is 0 Å². The Kier molecular flexibility index (Phi) is 4.72. The van der Waals surface area contributed by atoms with Crippen molar-refractivity contribution in [2.75, 3.05) is 10.6 Å². The summed E-state index contributed by atoms with van der Waals surface area (Å²) in [5, 5.41) is 6.24. The minimum Gasteiger partial charge on any atom is -0.355 e. The third-order valence-electron chi connectivity index (χ3n) is 3.23. The summed E-state index contributed by atoms with van der Waals surface area (Å²) >= 11 is 5.95. The Labute approximate surface area is 143 Å². The van der Waals surface area contributed by atoms with E-state index in [9.17, 15) is 9.18 Å². The molecule has 1 amide bonds. The Balaban J connectivity index is 1.77. The van der Waals surface area contributed by atoms with Crippen LogP contribution < -0.4 is 10.6 Å². The first-order valence-electron chi connectivity index (χ1n) is 7.16. The minimum absolute atomic E-state index is 0.109. The molecular formula is C18H13ClFN3O. The number of para-hydroxylation sites is 1. The Hall–Kier alpha value is -2.92. The largest absolute Gasteiger partial charge is 0.355 e. The van der Waals surface area contributed by atoms with Crippen molar-refractivity contribution in [1.82, 2.24) is 4.98 Å². The number of nitrogens with zero attached hydrogens (tertiary/aromatic N) is 1. The van der Waals surface area contributed by atoms with Gasteiger partial charge in [-0.05, 0) is 42.5 Å². The average molecular weight is 342 g/mol. The van der Waals surface area contributed by atoms with Crippen molar-refractivity contribution in [2.24, 2.45) is 0 Å². The number of aromatic nitrogens is 1. The van der Waals surface area contributed by atoms with Crippen LogP contribution in [0.25, 0.3) is 0 Å². The summed E-state index contributed by atoms with van der Waals surface area (Å²) in [5.41, 5.74) is 1.74. The normalized spacial score (nSPS) is 10.2. The van der Waals surface area contributed by atoms with Gasteiger partial charge in [-0.1, -0.05) is 29.8 Å². The number of benzene rings is 2. The monoisotopic (exact) mass is 341 g/mol. The van der Waals surface area contributed by atoms with E-state index in [0.717, 1.165) is 5.69 Å². The molecule has 1 aromatic heterocycles. The summed E-state index contributed by atoms with van der Waals surface area (Å²) in [6.45, 7) is 0. The topological polar surface area (TPSA) is 54.0 Å². The van der Waals surface area contributed by atoms with Gasteiger partial charge in [-0.2, -0.15) is 0 Å².